The Bertz CT molecular complexity index is 346. The van der Waals surface area contributed by atoms with Crippen molar-refractivity contribution in [3.8, 4) is 0 Å². The molecule has 2 rings (SSSR count). The third-order valence-corrected chi connectivity index (χ3v) is 3.11. The van der Waals surface area contributed by atoms with E-state index in [0.717, 1.165) is 18.5 Å². The molecule has 0 fully saturated rings. The predicted octanol–water partition coefficient (Wildman–Crippen LogP) is 1.08. The highest BCUT2D eigenvalue weighted by molar-refractivity contribution is 6.01. The van der Waals surface area contributed by atoms with Gasteiger partial charge in [-0.3, -0.25) is 9.59 Å². The number of ketones is 1. The molecule has 0 radical (unpaired) electrons. The first kappa shape index (κ1) is 10.2. The van der Waals surface area contributed by atoms with Crippen molar-refractivity contribution >= 4 is 11.8 Å². The van der Waals surface area contributed by atoms with E-state index in [2.05, 4.69) is 5.32 Å². The van der Waals surface area contributed by atoms with Gasteiger partial charge in [0.1, 0.15) is 0 Å². The lowest BCUT2D eigenvalue weighted by molar-refractivity contribution is -0.142. The average Bonchev–Trinajstić information content (AvgIpc) is 2.16. The minimum absolute atomic E-state index is 0.0167. The Morgan fingerprint density at radius 2 is 2.20 bits per heavy atom. The summed E-state index contributed by atoms with van der Waals surface area (Å²) in [6.07, 6.45) is 2.66. The summed E-state index contributed by atoms with van der Waals surface area (Å²) in [6.45, 7) is 1.96. The minimum atomic E-state index is -0.869. The fraction of sp³-hybridized carbons (Fsp3) is 0.636. The Morgan fingerprint density at radius 1 is 1.47 bits per heavy atom. The van der Waals surface area contributed by atoms with Gasteiger partial charge in [-0.1, -0.05) is 0 Å². The third-order valence-electron chi connectivity index (χ3n) is 3.11. The molecule has 0 bridgehead atoms. The number of rotatable bonds is 1. The van der Waals surface area contributed by atoms with Crippen molar-refractivity contribution in [1.82, 2.24) is 5.32 Å². The van der Waals surface area contributed by atoms with E-state index in [9.17, 15) is 9.59 Å². The quantitative estimate of drug-likeness (QED) is 0.678. The molecule has 82 valence electrons. The normalized spacial score (nSPS) is 30.9. The van der Waals surface area contributed by atoms with Gasteiger partial charge in [-0.25, -0.2) is 0 Å². The molecule has 0 aromatic rings. The predicted molar refractivity (Wildman–Crippen MR) is 54.2 cm³/mol. The lowest BCUT2D eigenvalue weighted by Gasteiger charge is -2.33. The molecule has 0 saturated heterocycles. The van der Waals surface area contributed by atoms with Crippen molar-refractivity contribution in [1.29, 1.82) is 0 Å². The van der Waals surface area contributed by atoms with Gasteiger partial charge in [-0.2, -0.15) is 0 Å². The molecule has 4 nitrogen and oxygen atoms in total. The largest absolute Gasteiger partial charge is 0.481 e. The monoisotopic (exact) mass is 209 g/mol. The number of carbonyl (C=O) groups excluding carboxylic acids is 1. The van der Waals surface area contributed by atoms with Gasteiger partial charge >= 0.3 is 5.97 Å². The SMILES string of the molecule is CC1CC(C(=O)O)C2=C(CCCC2=O)N1. The fourth-order valence-electron chi connectivity index (χ4n) is 2.47. The molecule has 2 N–H and O–H groups in total. The smallest absolute Gasteiger partial charge is 0.311 e. The lowest BCUT2D eigenvalue weighted by atomic mass is 9.80. The van der Waals surface area contributed by atoms with Crippen molar-refractivity contribution in [3.05, 3.63) is 11.3 Å². The minimum Gasteiger partial charge on any atom is -0.481 e. The molecular formula is C11H15NO3. The molecule has 0 aromatic heterocycles. The van der Waals surface area contributed by atoms with Crippen LogP contribution in [0, 0.1) is 5.92 Å². The number of nitrogens with one attached hydrogen (secondary N) is 1. The maximum atomic E-state index is 11.7. The molecule has 0 spiro atoms. The third kappa shape index (κ3) is 1.76. The summed E-state index contributed by atoms with van der Waals surface area (Å²) in [5, 5.41) is 12.3. The van der Waals surface area contributed by atoms with E-state index < -0.39 is 11.9 Å². The lowest BCUT2D eigenvalue weighted by Crippen LogP contribution is -2.41. The highest BCUT2D eigenvalue weighted by Crippen LogP contribution is 2.32. The molecule has 4 heteroatoms. The zero-order valence-electron chi connectivity index (χ0n) is 8.75. The summed E-state index contributed by atoms with van der Waals surface area (Å²) >= 11 is 0. The summed E-state index contributed by atoms with van der Waals surface area (Å²) < 4.78 is 0. The number of carboxylic acid groups (broad SMARTS) is 1. The van der Waals surface area contributed by atoms with E-state index in [0.29, 0.717) is 18.4 Å². The molecule has 0 amide bonds. The zero-order valence-corrected chi connectivity index (χ0v) is 8.75. The number of Topliss-reactive ketones (excluding diaryl/α,β-unsaturated/α-hetero) is 1. The van der Waals surface area contributed by atoms with Crippen molar-refractivity contribution in [2.45, 2.75) is 38.6 Å². The van der Waals surface area contributed by atoms with Gasteiger partial charge in [0.05, 0.1) is 5.92 Å². The Morgan fingerprint density at radius 3 is 2.87 bits per heavy atom. The Hall–Kier alpha value is -1.32. The van der Waals surface area contributed by atoms with Crippen LogP contribution in [0.5, 0.6) is 0 Å². The van der Waals surface area contributed by atoms with Crippen LogP contribution in [0.25, 0.3) is 0 Å². The second kappa shape index (κ2) is 3.68. The highest BCUT2D eigenvalue weighted by Gasteiger charge is 2.36. The molecule has 1 heterocycles. The van der Waals surface area contributed by atoms with E-state index in [4.69, 9.17) is 5.11 Å². The van der Waals surface area contributed by atoms with Crippen molar-refractivity contribution < 1.29 is 14.7 Å². The summed E-state index contributed by atoms with van der Waals surface area (Å²) in [5.41, 5.74) is 1.41. The van der Waals surface area contributed by atoms with Crippen molar-refractivity contribution in [2.24, 2.45) is 5.92 Å². The first-order valence-electron chi connectivity index (χ1n) is 5.35. The van der Waals surface area contributed by atoms with Crippen molar-refractivity contribution in [2.75, 3.05) is 0 Å². The maximum absolute atomic E-state index is 11.7. The van der Waals surface area contributed by atoms with Gasteiger partial charge < -0.3 is 10.4 Å². The van der Waals surface area contributed by atoms with Gasteiger partial charge in [-0.05, 0) is 26.2 Å². The molecule has 0 saturated carbocycles. The van der Waals surface area contributed by atoms with Crippen LogP contribution >= 0.6 is 0 Å². The van der Waals surface area contributed by atoms with E-state index in [1.54, 1.807) is 0 Å². The molecule has 0 aromatic carbocycles. The van der Waals surface area contributed by atoms with Gasteiger partial charge in [-0.15, -0.1) is 0 Å². The van der Waals surface area contributed by atoms with Crippen LogP contribution in [0.3, 0.4) is 0 Å². The Labute approximate surface area is 88.4 Å². The van der Waals surface area contributed by atoms with Crippen LogP contribution < -0.4 is 5.32 Å². The van der Waals surface area contributed by atoms with Crippen molar-refractivity contribution in [3.63, 3.8) is 0 Å². The molecule has 1 aliphatic heterocycles. The van der Waals surface area contributed by atoms with Crippen LogP contribution in [0.4, 0.5) is 0 Å². The fourth-order valence-corrected chi connectivity index (χ4v) is 2.47. The van der Waals surface area contributed by atoms with Crippen LogP contribution in [-0.4, -0.2) is 22.9 Å². The number of carboxylic acids is 1. The molecule has 2 unspecified atom stereocenters. The first-order chi connectivity index (χ1) is 7.09. The maximum Gasteiger partial charge on any atom is 0.311 e. The number of aliphatic carboxylic acids is 1. The molecule has 1 aliphatic carbocycles. The Balaban J connectivity index is 2.39. The van der Waals surface area contributed by atoms with Crippen LogP contribution in [-0.2, 0) is 9.59 Å². The number of hydrogen-bond acceptors (Lipinski definition) is 3. The van der Waals surface area contributed by atoms with Gasteiger partial charge in [0.2, 0.25) is 0 Å². The second-order valence-corrected chi connectivity index (χ2v) is 4.34. The van der Waals surface area contributed by atoms with Gasteiger partial charge in [0.15, 0.2) is 5.78 Å². The van der Waals surface area contributed by atoms with Gasteiger partial charge in [0.25, 0.3) is 0 Å². The average molecular weight is 209 g/mol. The summed E-state index contributed by atoms with van der Waals surface area (Å²) in [6, 6.07) is 0.149. The summed E-state index contributed by atoms with van der Waals surface area (Å²) in [4.78, 5) is 22.8. The number of hydrogen-bond donors (Lipinski definition) is 2. The molecule has 15 heavy (non-hydrogen) atoms. The topological polar surface area (TPSA) is 66.4 Å². The summed E-state index contributed by atoms with van der Waals surface area (Å²) in [7, 11) is 0. The first-order valence-corrected chi connectivity index (χ1v) is 5.35. The van der Waals surface area contributed by atoms with E-state index in [-0.39, 0.29) is 11.8 Å². The molecular weight excluding hydrogens is 194 g/mol. The highest BCUT2D eigenvalue weighted by atomic mass is 16.4. The molecule has 2 aliphatic rings. The van der Waals surface area contributed by atoms with E-state index >= 15 is 0 Å². The second-order valence-electron chi connectivity index (χ2n) is 4.34. The van der Waals surface area contributed by atoms with E-state index in [1.807, 2.05) is 6.92 Å². The molecule has 2 atom stereocenters. The standard InChI is InChI=1S/C11H15NO3/c1-6-5-7(11(14)15)10-8(12-6)3-2-4-9(10)13/h6-7,12H,2-5H2,1H3,(H,14,15). The number of allylic oxidation sites excluding steroid dienone is 1. The van der Waals surface area contributed by atoms with Gasteiger partial charge in [0, 0.05) is 23.7 Å². The van der Waals surface area contributed by atoms with Crippen LogP contribution in [0.1, 0.15) is 32.6 Å². The Kier molecular flexibility index (Phi) is 2.50. The van der Waals surface area contributed by atoms with Crippen LogP contribution in [0.15, 0.2) is 11.3 Å². The van der Waals surface area contributed by atoms with E-state index in [1.165, 1.54) is 0 Å². The zero-order chi connectivity index (χ0) is 11.0. The number of carbonyl (C=O) groups is 2. The van der Waals surface area contributed by atoms with Crippen LogP contribution in [0.2, 0.25) is 0 Å². The summed E-state index contributed by atoms with van der Waals surface area (Å²) in [5.74, 6) is -1.45.